The van der Waals surface area contributed by atoms with Crippen LogP contribution in [0.15, 0.2) is 24.3 Å². The summed E-state index contributed by atoms with van der Waals surface area (Å²) in [6.07, 6.45) is 0. The number of benzene rings is 1. The SMILES string of the molecule is [CH2][C@@](O)(c1ccc([N+](=O)[O-])cc1)C(C)(C)C. The first-order valence-electron chi connectivity index (χ1n) is 4.99. The van der Waals surface area contributed by atoms with Gasteiger partial charge in [0.15, 0.2) is 0 Å². The van der Waals surface area contributed by atoms with Crippen molar-refractivity contribution in [3.05, 3.63) is 46.9 Å². The molecule has 4 nitrogen and oxygen atoms in total. The van der Waals surface area contributed by atoms with Crippen LogP contribution in [0.25, 0.3) is 0 Å². The first kappa shape index (κ1) is 12.6. The zero-order valence-electron chi connectivity index (χ0n) is 9.73. The average molecular weight is 222 g/mol. The quantitative estimate of drug-likeness (QED) is 0.618. The minimum atomic E-state index is -1.26. The van der Waals surface area contributed by atoms with Crippen molar-refractivity contribution >= 4 is 5.69 Å². The molecule has 0 amide bonds. The van der Waals surface area contributed by atoms with Crippen LogP contribution in [-0.2, 0) is 5.60 Å². The first-order valence-corrected chi connectivity index (χ1v) is 4.99. The molecule has 0 spiro atoms. The van der Waals surface area contributed by atoms with E-state index in [1.165, 1.54) is 24.3 Å². The Kier molecular flexibility index (Phi) is 3.06. The first-order chi connectivity index (χ1) is 7.16. The molecule has 0 unspecified atom stereocenters. The van der Waals surface area contributed by atoms with E-state index in [1.807, 2.05) is 20.8 Å². The molecule has 16 heavy (non-hydrogen) atoms. The standard InChI is InChI=1S/C12H16NO3/c1-11(2,3)12(4,14)9-5-7-10(8-6-9)13(15)16/h5-8,14H,4H2,1-3H3/t12-/m1/s1. The molecule has 0 saturated heterocycles. The molecule has 0 aromatic heterocycles. The third-order valence-electron chi connectivity index (χ3n) is 2.80. The molecule has 0 aliphatic rings. The van der Waals surface area contributed by atoms with Crippen molar-refractivity contribution in [2.75, 3.05) is 0 Å². The Morgan fingerprint density at radius 3 is 2.00 bits per heavy atom. The summed E-state index contributed by atoms with van der Waals surface area (Å²) >= 11 is 0. The molecule has 1 rings (SSSR count). The lowest BCUT2D eigenvalue weighted by atomic mass is 9.73. The zero-order valence-corrected chi connectivity index (χ0v) is 9.73. The van der Waals surface area contributed by atoms with E-state index in [4.69, 9.17) is 0 Å². The van der Waals surface area contributed by atoms with Gasteiger partial charge in [-0.3, -0.25) is 10.1 Å². The number of nitrogens with zero attached hydrogens (tertiary/aromatic N) is 1. The Labute approximate surface area is 95.1 Å². The molecule has 1 N–H and O–H groups in total. The van der Waals surface area contributed by atoms with Gasteiger partial charge in [-0.1, -0.05) is 20.8 Å². The van der Waals surface area contributed by atoms with E-state index in [9.17, 15) is 15.2 Å². The van der Waals surface area contributed by atoms with E-state index >= 15 is 0 Å². The number of aliphatic hydroxyl groups is 1. The molecule has 87 valence electrons. The predicted octanol–water partition coefficient (Wildman–Crippen LogP) is 2.66. The van der Waals surface area contributed by atoms with Gasteiger partial charge in [-0.25, -0.2) is 0 Å². The van der Waals surface area contributed by atoms with Gasteiger partial charge in [-0.05, 0) is 30.0 Å². The topological polar surface area (TPSA) is 63.4 Å². The Morgan fingerprint density at radius 1 is 1.25 bits per heavy atom. The van der Waals surface area contributed by atoms with Crippen molar-refractivity contribution < 1.29 is 10.0 Å². The maximum absolute atomic E-state index is 10.5. The molecular weight excluding hydrogens is 206 g/mol. The van der Waals surface area contributed by atoms with Gasteiger partial charge in [0.1, 0.15) is 0 Å². The van der Waals surface area contributed by atoms with Crippen LogP contribution in [0.1, 0.15) is 26.3 Å². The third-order valence-corrected chi connectivity index (χ3v) is 2.80. The maximum atomic E-state index is 10.5. The molecule has 0 aliphatic heterocycles. The van der Waals surface area contributed by atoms with E-state index in [2.05, 4.69) is 6.92 Å². The highest BCUT2D eigenvalue weighted by Gasteiger charge is 2.37. The Morgan fingerprint density at radius 2 is 1.69 bits per heavy atom. The number of hydrogen-bond donors (Lipinski definition) is 1. The Balaban J connectivity index is 3.11. The van der Waals surface area contributed by atoms with Gasteiger partial charge in [-0.2, -0.15) is 0 Å². The summed E-state index contributed by atoms with van der Waals surface area (Å²) in [6, 6.07) is 5.82. The van der Waals surface area contributed by atoms with Crippen molar-refractivity contribution in [3.63, 3.8) is 0 Å². The molecule has 0 heterocycles. The van der Waals surface area contributed by atoms with Crippen molar-refractivity contribution in [1.29, 1.82) is 0 Å². The van der Waals surface area contributed by atoms with Crippen LogP contribution >= 0.6 is 0 Å². The monoisotopic (exact) mass is 222 g/mol. The summed E-state index contributed by atoms with van der Waals surface area (Å²) in [7, 11) is 0. The van der Waals surface area contributed by atoms with Gasteiger partial charge in [0, 0.05) is 12.1 Å². The molecule has 4 heteroatoms. The number of nitro groups is 1. The molecule has 0 fully saturated rings. The molecule has 0 aliphatic carbocycles. The lowest BCUT2D eigenvalue weighted by Crippen LogP contribution is -2.37. The lowest BCUT2D eigenvalue weighted by Gasteiger charge is -2.37. The van der Waals surface area contributed by atoms with Crippen LogP contribution in [0.3, 0.4) is 0 Å². The molecule has 1 aromatic carbocycles. The molecule has 1 aromatic rings. The second-order valence-corrected chi connectivity index (χ2v) is 4.91. The highest BCUT2D eigenvalue weighted by Crippen LogP contribution is 2.38. The number of rotatable bonds is 2. The summed E-state index contributed by atoms with van der Waals surface area (Å²) in [6.45, 7) is 9.36. The number of nitro benzene ring substituents is 1. The van der Waals surface area contributed by atoms with Crippen LogP contribution in [0.2, 0.25) is 0 Å². The zero-order chi connectivity index (χ0) is 12.6. The number of non-ortho nitro benzene ring substituents is 1. The summed E-state index contributed by atoms with van der Waals surface area (Å²) in [4.78, 5) is 10.0. The minimum absolute atomic E-state index is 0.00783. The van der Waals surface area contributed by atoms with Crippen LogP contribution in [0.5, 0.6) is 0 Å². The molecule has 1 atom stereocenters. The van der Waals surface area contributed by atoms with Gasteiger partial charge in [0.05, 0.1) is 10.5 Å². The van der Waals surface area contributed by atoms with Gasteiger partial charge in [0.2, 0.25) is 0 Å². The van der Waals surface area contributed by atoms with Crippen molar-refractivity contribution in [2.45, 2.75) is 26.4 Å². The lowest BCUT2D eigenvalue weighted by molar-refractivity contribution is -0.384. The van der Waals surface area contributed by atoms with Gasteiger partial charge in [0.25, 0.3) is 5.69 Å². The van der Waals surface area contributed by atoms with Gasteiger partial charge >= 0.3 is 0 Å². The normalized spacial score (nSPS) is 15.6. The van der Waals surface area contributed by atoms with Gasteiger partial charge < -0.3 is 5.11 Å². The fraction of sp³-hybridized carbons (Fsp3) is 0.417. The molecule has 0 bridgehead atoms. The van der Waals surface area contributed by atoms with Crippen molar-refractivity contribution in [2.24, 2.45) is 5.41 Å². The second-order valence-electron chi connectivity index (χ2n) is 4.91. The summed E-state index contributed by atoms with van der Waals surface area (Å²) in [5.41, 5.74) is -1.12. The third kappa shape index (κ3) is 2.22. The maximum Gasteiger partial charge on any atom is 0.269 e. The number of hydrogen-bond acceptors (Lipinski definition) is 3. The second kappa shape index (κ2) is 3.87. The van der Waals surface area contributed by atoms with Crippen LogP contribution in [0, 0.1) is 22.5 Å². The Hall–Kier alpha value is -1.42. The fourth-order valence-corrected chi connectivity index (χ4v) is 1.29. The smallest absolute Gasteiger partial charge is 0.269 e. The molecular formula is C12H16NO3. The summed E-state index contributed by atoms with van der Waals surface area (Å²) in [5, 5.41) is 20.8. The van der Waals surface area contributed by atoms with Crippen molar-refractivity contribution in [3.8, 4) is 0 Å². The van der Waals surface area contributed by atoms with E-state index in [0.717, 1.165) is 0 Å². The van der Waals surface area contributed by atoms with E-state index < -0.39 is 15.9 Å². The molecule has 0 saturated carbocycles. The highest BCUT2D eigenvalue weighted by atomic mass is 16.6. The predicted molar refractivity (Wildman–Crippen MR) is 61.8 cm³/mol. The van der Waals surface area contributed by atoms with Crippen molar-refractivity contribution in [1.82, 2.24) is 0 Å². The van der Waals surface area contributed by atoms with Crippen LogP contribution in [-0.4, -0.2) is 10.0 Å². The summed E-state index contributed by atoms with van der Waals surface area (Å²) < 4.78 is 0. The van der Waals surface area contributed by atoms with Crippen LogP contribution in [0.4, 0.5) is 5.69 Å². The largest absolute Gasteiger partial charge is 0.385 e. The highest BCUT2D eigenvalue weighted by molar-refractivity contribution is 5.36. The average Bonchev–Trinajstić information content (AvgIpc) is 2.16. The van der Waals surface area contributed by atoms with E-state index in [0.29, 0.717) is 5.56 Å². The van der Waals surface area contributed by atoms with Crippen LogP contribution < -0.4 is 0 Å². The fourth-order valence-electron chi connectivity index (χ4n) is 1.29. The summed E-state index contributed by atoms with van der Waals surface area (Å²) in [5.74, 6) is 0. The minimum Gasteiger partial charge on any atom is -0.385 e. The van der Waals surface area contributed by atoms with E-state index in [1.54, 1.807) is 0 Å². The Bertz CT molecular complexity index is 388. The van der Waals surface area contributed by atoms with Gasteiger partial charge in [-0.15, -0.1) is 0 Å². The van der Waals surface area contributed by atoms with E-state index in [-0.39, 0.29) is 5.69 Å². The molecule has 1 radical (unpaired) electrons.